The smallest absolute Gasteiger partial charge is 0.0883 e. The van der Waals surface area contributed by atoms with Gasteiger partial charge in [-0.3, -0.25) is 0 Å². The molecule has 1 aliphatic rings. The van der Waals surface area contributed by atoms with E-state index in [2.05, 4.69) is 13.5 Å². The van der Waals surface area contributed by atoms with Crippen LogP contribution in [0.1, 0.15) is 32.6 Å². The molecule has 2 nitrogen and oxygen atoms in total. The second-order valence-corrected chi connectivity index (χ2v) is 3.51. The Balaban J connectivity index is 1.98. The predicted molar refractivity (Wildman–Crippen MR) is 49.1 cm³/mol. The van der Waals surface area contributed by atoms with Gasteiger partial charge in [-0.2, -0.15) is 0 Å². The molecule has 0 atom stereocenters. The molecule has 1 rings (SSSR count). The van der Waals surface area contributed by atoms with E-state index >= 15 is 0 Å². The first kappa shape index (κ1) is 9.59. The van der Waals surface area contributed by atoms with E-state index in [1.807, 2.05) is 0 Å². The topological polar surface area (TPSA) is 29.5 Å². The summed E-state index contributed by atoms with van der Waals surface area (Å²) >= 11 is 0. The summed E-state index contributed by atoms with van der Waals surface area (Å²) in [6.07, 6.45) is 4.62. The Labute approximate surface area is 74.2 Å². The van der Waals surface area contributed by atoms with Crippen molar-refractivity contribution in [2.45, 2.75) is 38.7 Å². The summed E-state index contributed by atoms with van der Waals surface area (Å²) in [5, 5.41) is 9.01. The molecule has 0 aromatic carbocycles. The Morgan fingerprint density at radius 3 is 2.75 bits per heavy atom. The van der Waals surface area contributed by atoms with Gasteiger partial charge in [-0.1, -0.05) is 19.9 Å². The van der Waals surface area contributed by atoms with Crippen molar-refractivity contribution in [3.05, 3.63) is 12.3 Å². The zero-order chi connectivity index (χ0) is 8.97. The van der Waals surface area contributed by atoms with E-state index in [0.29, 0.717) is 17.8 Å². The van der Waals surface area contributed by atoms with Crippen molar-refractivity contribution in [1.29, 1.82) is 0 Å². The summed E-state index contributed by atoms with van der Waals surface area (Å²) in [7, 11) is 0. The standard InChI is InChI=1S/C10H18O2/c1-3-4-5-12-10-6-9(7-10)8(2)11/h9-11H,2-7H2,1H3. The van der Waals surface area contributed by atoms with E-state index in [4.69, 9.17) is 9.84 Å². The molecular weight excluding hydrogens is 152 g/mol. The van der Waals surface area contributed by atoms with Crippen LogP contribution in [-0.2, 0) is 4.74 Å². The number of allylic oxidation sites excluding steroid dienone is 1. The van der Waals surface area contributed by atoms with Gasteiger partial charge in [-0.15, -0.1) is 0 Å². The number of hydrogen-bond donors (Lipinski definition) is 1. The van der Waals surface area contributed by atoms with Crippen molar-refractivity contribution in [2.24, 2.45) is 5.92 Å². The molecule has 1 saturated carbocycles. The zero-order valence-corrected chi connectivity index (χ0v) is 7.75. The second kappa shape index (κ2) is 4.51. The summed E-state index contributed by atoms with van der Waals surface area (Å²) in [5.41, 5.74) is 0. The van der Waals surface area contributed by atoms with E-state index in [-0.39, 0.29) is 0 Å². The lowest BCUT2D eigenvalue weighted by molar-refractivity contribution is -0.0305. The van der Waals surface area contributed by atoms with Crippen molar-refractivity contribution < 1.29 is 9.84 Å². The van der Waals surface area contributed by atoms with E-state index in [0.717, 1.165) is 25.9 Å². The minimum absolute atomic E-state index is 0.302. The van der Waals surface area contributed by atoms with E-state index in [1.165, 1.54) is 6.42 Å². The Kier molecular flexibility index (Phi) is 3.60. The number of rotatable bonds is 5. The fraction of sp³-hybridized carbons (Fsp3) is 0.800. The van der Waals surface area contributed by atoms with Gasteiger partial charge in [0.2, 0.25) is 0 Å². The summed E-state index contributed by atoms with van der Waals surface area (Å²) < 4.78 is 5.55. The third-order valence-corrected chi connectivity index (χ3v) is 2.42. The molecule has 12 heavy (non-hydrogen) atoms. The van der Waals surface area contributed by atoms with Crippen molar-refractivity contribution in [2.75, 3.05) is 6.61 Å². The van der Waals surface area contributed by atoms with Gasteiger partial charge in [-0.05, 0) is 19.3 Å². The average Bonchev–Trinajstić information content (AvgIpc) is 1.93. The molecule has 0 bridgehead atoms. The van der Waals surface area contributed by atoms with Gasteiger partial charge in [0.1, 0.15) is 0 Å². The Hall–Kier alpha value is -0.500. The molecule has 0 radical (unpaired) electrons. The molecule has 1 N–H and O–H groups in total. The summed E-state index contributed by atoms with van der Waals surface area (Å²) in [5.74, 6) is 0.627. The first-order valence-electron chi connectivity index (χ1n) is 4.73. The third kappa shape index (κ3) is 2.52. The van der Waals surface area contributed by atoms with Crippen LogP contribution in [-0.4, -0.2) is 17.8 Å². The van der Waals surface area contributed by atoms with Gasteiger partial charge in [0, 0.05) is 12.5 Å². The van der Waals surface area contributed by atoms with Gasteiger partial charge in [0.15, 0.2) is 0 Å². The zero-order valence-electron chi connectivity index (χ0n) is 7.75. The van der Waals surface area contributed by atoms with Crippen LogP contribution in [0, 0.1) is 5.92 Å². The molecule has 0 aromatic rings. The number of ether oxygens (including phenoxy) is 1. The molecule has 0 aromatic heterocycles. The maximum Gasteiger partial charge on any atom is 0.0883 e. The highest BCUT2D eigenvalue weighted by Gasteiger charge is 2.31. The van der Waals surface area contributed by atoms with Gasteiger partial charge in [0.25, 0.3) is 0 Å². The monoisotopic (exact) mass is 170 g/mol. The number of unbranched alkanes of at least 4 members (excludes halogenated alkanes) is 1. The maximum atomic E-state index is 9.01. The molecule has 70 valence electrons. The molecule has 0 saturated heterocycles. The first-order valence-corrected chi connectivity index (χ1v) is 4.73. The van der Waals surface area contributed by atoms with Gasteiger partial charge in [0.05, 0.1) is 11.9 Å². The third-order valence-electron chi connectivity index (χ3n) is 2.42. The molecule has 1 fully saturated rings. The highest BCUT2D eigenvalue weighted by Crippen LogP contribution is 2.33. The minimum atomic E-state index is 0.302. The van der Waals surface area contributed by atoms with Crippen molar-refractivity contribution in [1.82, 2.24) is 0 Å². The normalized spacial score (nSPS) is 28.1. The second-order valence-electron chi connectivity index (χ2n) is 3.51. The van der Waals surface area contributed by atoms with Crippen molar-refractivity contribution in [3.63, 3.8) is 0 Å². The molecule has 1 aliphatic carbocycles. The highest BCUT2D eigenvalue weighted by molar-refractivity contribution is 4.97. The van der Waals surface area contributed by atoms with Gasteiger partial charge in [-0.25, -0.2) is 0 Å². The number of aliphatic hydroxyl groups excluding tert-OH is 1. The van der Waals surface area contributed by atoms with Crippen LogP contribution in [0.3, 0.4) is 0 Å². The van der Waals surface area contributed by atoms with Crippen LogP contribution in [0.4, 0.5) is 0 Å². The van der Waals surface area contributed by atoms with Crippen molar-refractivity contribution >= 4 is 0 Å². The van der Waals surface area contributed by atoms with E-state index < -0.39 is 0 Å². The largest absolute Gasteiger partial charge is 0.513 e. The fourth-order valence-electron chi connectivity index (χ4n) is 1.37. The highest BCUT2D eigenvalue weighted by atomic mass is 16.5. The summed E-state index contributed by atoms with van der Waals surface area (Å²) in [4.78, 5) is 0. The summed E-state index contributed by atoms with van der Waals surface area (Å²) in [6.45, 7) is 6.53. The van der Waals surface area contributed by atoms with Crippen LogP contribution >= 0.6 is 0 Å². The molecule has 0 amide bonds. The number of aliphatic hydroxyl groups is 1. The van der Waals surface area contributed by atoms with E-state index in [9.17, 15) is 0 Å². The van der Waals surface area contributed by atoms with Crippen LogP contribution in [0.2, 0.25) is 0 Å². The Morgan fingerprint density at radius 2 is 2.25 bits per heavy atom. The Morgan fingerprint density at radius 1 is 1.58 bits per heavy atom. The molecule has 0 unspecified atom stereocenters. The predicted octanol–water partition coefficient (Wildman–Crippen LogP) is 2.65. The van der Waals surface area contributed by atoms with Crippen LogP contribution < -0.4 is 0 Å². The lowest BCUT2D eigenvalue weighted by Crippen LogP contribution is -2.32. The Bertz CT molecular complexity index is 148. The quantitative estimate of drug-likeness (QED) is 0.507. The molecule has 0 heterocycles. The SMILES string of the molecule is C=C(O)C1CC(OCCCC)C1. The van der Waals surface area contributed by atoms with Gasteiger partial charge >= 0.3 is 0 Å². The van der Waals surface area contributed by atoms with E-state index in [1.54, 1.807) is 0 Å². The van der Waals surface area contributed by atoms with Crippen LogP contribution in [0.25, 0.3) is 0 Å². The number of hydrogen-bond acceptors (Lipinski definition) is 2. The van der Waals surface area contributed by atoms with Crippen LogP contribution in [0.5, 0.6) is 0 Å². The maximum absolute atomic E-state index is 9.01. The molecular formula is C10H18O2. The summed E-state index contributed by atoms with van der Waals surface area (Å²) in [6, 6.07) is 0. The van der Waals surface area contributed by atoms with Gasteiger partial charge < -0.3 is 9.84 Å². The molecule has 0 spiro atoms. The van der Waals surface area contributed by atoms with Crippen molar-refractivity contribution in [3.8, 4) is 0 Å². The lowest BCUT2D eigenvalue weighted by atomic mass is 9.81. The molecule has 0 aliphatic heterocycles. The lowest BCUT2D eigenvalue weighted by Gasteiger charge is -2.34. The molecule has 2 heteroatoms. The minimum Gasteiger partial charge on any atom is -0.513 e. The average molecular weight is 170 g/mol. The first-order chi connectivity index (χ1) is 5.74. The van der Waals surface area contributed by atoms with Crippen LogP contribution in [0.15, 0.2) is 12.3 Å². The fourth-order valence-corrected chi connectivity index (χ4v) is 1.37.